The Morgan fingerprint density at radius 2 is 1.68 bits per heavy atom. The predicted molar refractivity (Wildman–Crippen MR) is 92.1 cm³/mol. The molecule has 0 radical (unpaired) electrons. The molecule has 0 unspecified atom stereocenters. The Labute approximate surface area is 139 Å². The van der Waals surface area contributed by atoms with E-state index in [-0.39, 0.29) is 18.8 Å². The van der Waals surface area contributed by atoms with Crippen LogP contribution < -0.4 is 4.74 Å². The van der Waals surface area contributed by atoms with Crippen molar-refractivity contribution in [3.8, 4) is 5.75 Å². The second-order valence-electron chi connectivity index (χ2n) is 5.84. The van der Waals surface area contributed by atoms with Crippen LogP contribution in [0, 0.1) is 0 Å². The number of rotatable bonds is 9. The van der Waals surface area contributed by atoms with Crippen molar-refractivity contribution in [1.82, 2.24) is 4.90 Å². The highest BCUT2D eigenvalue weighted by Crippen LogP contribution is 2.13. The van der Waals surface area contributed by atoms with E-state index in [1.165, 1.54) is 0 Å². The topological polar surface area (TPSA) is 49.8 Å². The van der Waals surface area contributed by atoms with Crippen LogP contribution in [-0.2, 0) is 11.2 Å². The number of halogens is 1. The van der Waals surface area contributed by atoms with Crippen LogP contribution in [0.4, 0.5) is 0 Å². The molecule has 1 rings (SSSR count). The maximum Gasteiger partial charge on any atom is 0.307 e. The van der Waals surface area contributed by atoms with Gasteiger partial charge in [-0.25, -0.2) is 0 Å². The van der Waals surface area contributed by atoms with Crippen molar-refractivity contribution in [2.75, 3.05) is 13.2 Å². The van der Waals surface area contributed by atoms with E-state index in [4.69, 9.17) is 9.84 Å². The highest BCUT2D eigenvalue weighted by Gasteiger charge is 2.12. The van der Waals surface area contributed by atoms with Crippen molar-refractivity contribution in [2.24, 2.45) is 0 Å². The average molecular weight is 330 g/mol. The van der Waals surface area contributed by atoms with E-state index < -0.39 is 5.97 Å². The molecule has 1 aromatic rings. The molecule has 4 nitrogen and oxygen atoms in total. The molecule has 0 saturated heterocycles. The van der Waals surface area contributed by atoms with E-state index in [0.29, 0.717) is 18.7 Å². The van der Waals surface area contributed by atoms with Gasteiger partial charge < -0.3 is 9.84 Å². The summed E-state index contributed by atoms with van der Waals surface area (Å²) < 4.78 is 5.70. The molecular formula is C17H28ClNO3. The fourth-order valence-electron chi connectivity index (χ4n) is 2.43. The van der Waals surface area contributed by atoms with Crippen LogP contribution in [0.15, 0.2) is 24.3 Å². The van der Waals surface area contributed by atoms with Crippen LogP contribution in [0.3, 0.4) is 0 Å². The Hall–Kier alpha value is -1.26. The van der Waals surface area contributed by atoms with Crippen molar-refractivity contribution in [2.45, 2.75) is 52.6 Å². The minimum absolute atomic E-state index is 0. The molecule has 0 aliphatic heterocycles. The molecule has 0 atom stereocenters. The lowest BCUT2D eigenvalue weighted by Gasteiger charge is -2.30. The molecule has 5 heteroatoms. The minimum Gasteiger partial charge on any atom is -0.494 e. The van der Waals surface area contributed by atoms with E-state index in [0.717, 1.165) is 24.3 Å². The van der Waals surface area contributed by atoms with Gasteiger partial charge in [0.05, 0.1) is 13.0 Å². The summed E-state index contributed by atoms with van der Waals surface area (Å²) in [5.74, 6) is -0.0177. The third-order valence-corrected chi connectivity index (χ3v) is 3.43. The van der Waals surface area contributed by atoms with Gasteiger partial charge in [0.1, 0.15) is 5.75 Å². The van der Waals surface area contributed by atoms with Crippen molar-refractivity contribution in [1.29, 1.82) is 0 Å². The average Bonchev–Trinajstić information content (AvgIpc) is 2.38. The zero-order chi connectivity index (χ0) is 15.8. The number of carboxylic acid groups (broad SMARTS) is 1. The smallest absolute Gasteiger partial charge is 0.307 e. The Kier molecular flexibility index (Phi) is 9.86. The van der Waals surface area contributed by atoms with Gasteiger partial charge in [-0.3, -0.25) is 9.69 Å². The number of carbonyl (C=O) groups is 1. The summed E-state index contributed by atoms with van der Waals surface area (Å²) in [6.07, 6.45) is 1.03. The molecule has 0 fully saturated rings. The van der Waals surface area contributed by atoms with E-state index in [2.05, 4.69) is 32.6 Å². The number of hydrogen-bond donors (Lipinski definition) is 1. The lowest BCUT2D eigenvalue weighted by Crippen LogP contribution is -2.38. The van der Waals surface area contributed by atoms with Crippen LogP contribution in [0.1, 0.15) is 39.7 Å². The van der Waals surface area contributed by atoms with Crippen LogP contribution in [0.2, 0.25) is 0 Å². The van der Waals surface area contributed by atoms with E-state index in [1.807, 2.05) is 12.1 Å². The van der Waals surface area contributed by atoms with Crippen molar-refractivity contribution < 1.29 is 14.6 Å². The Bertz CT molecular complexity index is 424. The van der Waals surface area contributed by atoms with Crippen LogP contribution in [-0.4, -0.2) is 41.2 Å². The number of benzene rings is 1. The second kappa shape index (κ2) is 10.5. The van der Waals surface area contributed by atoms with Gasteiger partial charge >= 0.3 is 5.97 Å². The molecule has 0 spiro atoms. The zero-order valence-corrected chi connectivity index (χ0v) is 14.7. The second-order valence-corrected chi connectivity index (χ2v) is 5.84. The van der Waals surface area contributed by atoms with E-state index in [9.17, 15) is 4.79 Å². The van der Waals surface area contributed by atoms with Crippen LogP contribution in [0.25, 0.3) is 0 Å². The molecule has 0 aliphatic rings. The van der Waals surface area contributed by atoms with Gasteiger partial charge in [0, 0.05) is 18.6 Å². The maximum atomic E-state index is 10.6. The van der Waals surface area contributed by atoms with Gasteiger partial charge in [0.2, 0.25) is 0 Å². The van der Waals surface area contributed by atoms with Gasteiger partial charge in [-0.1, -0.05) is 12.1 Å². The number of nitrogens with zero attached hydrogens (tertiary/aromatic N) is 1. The SMILES string of the molecule is CC(C)N(CCCOc1ccc(CC(=O)O)cc1)C(C)C.Cl. The number of ether oxygens (including phenoxy) is 1. The molecule has 126 valence electrons. The third-order valence-electron chi connectivity index (χ3n) is 3.43. The highest BCUT2D eigenvalue weighted by atomic mass is 35.5. The Morgan fingerprint density at radius 3 is 2.14 bits per heavy atom. The lowest BCUT2D eigenvalue weighted by atomic mass is 10.1. The molecule has 1 aromatic carbocycles. The molecule has 0 heterocycles. The zero-order valence-electron chi connectivity index (χ0n) is 13.9. The number of carboxylic acids is 1. The summed E-state index contributed by atoms with van der Waals surface area (Å²) in [5.41, 5.74) is 0.792. The molecule has 1 N–H and O–H groups in total. The van der Waals surface area contributed by atoms with Gasteiger partial charge in [0.25, 0.3) is 0 Å². The summed E-state index contributed by atoms with van der Waals surface area (Å²) >= 11 is 0. The monoisotopic (exact) mass is 329 g/mol. The molecule has 0 amide bonds. The standard InChI is InChI=1S/C17H27NO3.ClH/c1-13(2)18(14(3)4)10-5-11-21-16-8-6-15(7-9-16)12-17(19)20;/h6-9,13-14H,5,10-12H2,1-4H3,(H,19,20);1H. The molecule has 0 bridgehead atoms. The Morgan fingerprint density at radius 1 is 1.14 bits per heavy atom. The van der Waals surface area contributed by atoms with E-state index in [1.54, 1.807) is 12.1 Å². The summed E-state index contributed by atoms with van der Waals surface area (Å²) in [6.45, 7) is 10.5. The largest absolute Gasteiger partial charge is 0.494 e. The van der Waals surface area contributed by atoms with Gasteiger partial charge in [-0.05, 0) is 51.8 Å². The first-order valence-electron chi connectivity index (χ1n) is 7.59. The summed E-state index contributed by atoms with van der Waals surface area (Å²) in [6, 6.07) is 8.36. The molecule has 0 aliphatic carbocycles. The fraction of sp³-hybridized carbons (Fsp3) is 0.588. The summed E-state index contributed by atoms with van der Waals surface area (Å²) in [4.78, 5) is 13.0. The fourth-order valence-corrected chi connectivity index (χ4v) is 2.43. The molecule has 22 heavy (non-hydrogen) atoms. The number of hydrogen-bond acceptors (Lipinski definition) is 3. The molecular weight excluding hydrogens is 302 g/mol. The van der Waals surface area contributed by atoms with Gasteiger partial charge in [-0.15, -0.1) is 12.4 Å². The lowest BCUT2D eigenvalue weighted by molar-refractivity contribution is -0.136. The van der Waals surface area contributed by atoms with Crippen molar-refractivity contribution in [3.63, 3.8) is 0 Å². The van der Waals surface area contributed by atoms with Gasteiger partial charge in [0.15, 0.2) is 0 Å². The molecule has 0 aromatic heterocycles. The van der Waals surface area contributed by atoms with Crippen molar-refractivity contribution >= 4 is 18.4 Å². The maximum absolute atomic E-state index is 10.6. The number of aliphatic carboxylic acids is 1. The third kappa shape index (κ3) is 7.66. The predicted octanol–water partition coefficient (Wildman–Crippen LogP) is 3.62. The highest BCUT2D eigenvalue weighted by molar-refractivity contribution is 5.85. The molecule has 0 saturated carbocycles. The first-order valence-corrected chi connectivity index (χ1v) is 7.59. The van der Waals surface area contributed by atoms with Crippen LogP contribution >= 0.6 is 12.4 Å². The quantitative estimate of drug-likeness (QED) is 0.703. The summed E-state index contributed by atoms with van der Waals surface area (Å²) in [7, 11) is 0. The first kappa shape index (κ1) is 20.7. The summed E-state index contributed by atoms with van der Waals surface area (Å²) in [5, 5.41) is 8.72. The van der Waals surface area contributed by atoms with E-state index >= 15 is 0 Å². The van der Waals surface area contributed by atoms with Gasteiger partial charge in [-0.2, -0.15) is 0 Å². The first-order chi connectivity index (χ1) is 9.90. The van der Waals surface area contributed by atoms with Crippen molar-refractivity contribution in [3.05, 3.63) is 29.8 Å². The minimum atomic E-state index is -0.814. The normalized spacial score (nSPS) is 10.9. The van der Waals surface area contributed by atoms with Crippen LogP contribution in [0.5, 0.6) is 5.75 Å². The Balaban J connectivity index is 0.00000441.